The Labute approximate surface area is 108 Å². The largest absolute Gasteiger partial charge is 0.478 e. The highest BCUT2D eigenvalue weighted by atomic mass is 79.9. The van der Waals surface area contributed by atoms with Crippen LogP contribution in [0.5, 0.6) is 0 Å². The van der Waals surface area contributed by atoms with Gasteiger partial charge in [-0.15, -0.1) is 0 Å². The van der Waals surface area contributed by atoms with Crippen molar-refractivity contribution >= 4 is 33.5 Å². The predicted molar refractivity (Wildman–Crippen MR) is 60.5 cm³/mol. The highest BCUT2D eigenvalue weighted by Gasteiger charge is 2.39. The van der Waals surface area contributed by atoms with E-state index in [1.807, 2.05) is 0 Å². The SMILES string of the molecule is Cc1c(Br)ccc(C(=O)O)c1NC(=O)C(F)(F)F. The lowest BCUT2D eigenvalue weighted by molar-refractivity contribution is -0.167. The van der Waals surface area contributed by atoms with Crippen LogP contribution in [0, 0.1) is 6.92 Å². The summed E-state index contributed by atoms with van der Waals surface area (Å²) in [4.78, 5) is 21.7. The fraction of sp³-hybridized carbons (Fsp3) is 0.200. The summed E-state index contributed by atoms with van der Waals surface area (Å²) in [5, 5.41) is 10.4. The zero-order chi connectivity index (χ0) is 14.1. The molecule has 0 aromatic heterocycles. The van der Waals surface area contributed by atoms with Gasteiger partial charge in [0.15, 0.2) is 0 Å². The van der Waals surface area contributed by atoms with E-state index >= 15 is 0 Å². The first-order valence-corrected chi connectivity index (χ1v) is 5.34. The number of halogens is 4. The van der Waals surface area contributed by atoms with Gasteiger partial charge in [0.25, 0.3) is 0 Å². The Kier molecular flexibility index (Phi) is 4.00. The molecule has 8 heteroatoms. The molecule has 0 saturated carbocycles. The molecule has 1 aromatic carbocycles. The number of hydrogen-bond acceptors (Lipinski definition) is 2. The normalized spacial score (nSPS) is 11.2. The summed E-state index contributed by atoms with van der Waals surface area (Å²) in [6, 6.07) is 2.48. The van der Waals surface area contributed by atoms with Crippen molar-refractivity contribution in [3.05, 3.63) is 27.7 Å². The Bertz CT molecular complexity index is 514. The van der Waals surface area contributed by atoms with Crippen molar-refractivity contribution in [2.75, 3.05) is 5.32 Å². The first-order chi connectivity index (χ1) is 8.14. The molecule has 0 radical (unpaired) electrons. The third-order valence-corrected chi connectivity index (χ3v) is 2.98. The summed E-state index contributed by atoms with van der Waals surface area (Å²) in [6.07, 6.45) is -5.08. The van der Waals surface area contributed by atoms with E-state index in [2.05, 4.69) is 15.9 Å². The van der Waals surface area contributed by atoms with Crippen molar-refractivity contribution in [2.45, 2.75) is 13.1 Å². The number of carboxylic acids is 1. The zero-order valence-electron chi connectivity index (χ0n) is 8.93. The number of alkyl halides is 3. The Balaban J connectivity index is 3.26. The van der Waals surface area contributed by atoms with Crippen LogP contribution in [0.15, 0.2) is 16.6 Å². The van der Waals surface area contributed by atoms with Gasteiger partial charge < -0.3 is 10.4 Å². The molecule has 2 N–H and O–H groups in total. The zero-order valence-corrected chi connectivity index (χ0v) is 10.5. The molecule has 18 heavy (non-hydrogen) atoms. The minimum absolute atomic E-state index is 0.201. The van der Waals surface area contributed by atoms with Gasteiger partial charge in [-0.05, 0) is 24.6 Å². The molecule has 1 amide bonds. The standard InChI is InChI=1S/C10H7BrF3NO3/c1-4-6(11)3-2-5(8(16)17)7(4)15-9(18)10(12,13)14/h2-3H,1H3,(H,15,18)(H,16,17). The van der Waals surface area contributed by atoms with Crippen molar-refractivity contribution in [3.8, 4) is 0 Å². The van der Waals surface area contributed by atoms with Crippen LogP contribution in [0.2, 0.25) is 0 Å². The van der Waals surface area contributed by atoms with E-state index in [0.29, 0.717) is 4.47 Å². The van der Waals surface area contributed by atoms with Crippen LogP contribution in [-0.4, -0.2) is 23.2 Å². The molecule has 0 fully saturated rings. The first kappa shape index (κ1) is 14.5. The molecular formula is C10H7BrF3NO3. The quantitative estimate of drug-likeness (QED) is 0.878. The smallest absolute Gasteiger partial charge is 0.471 e. The van der Waals surface area contributed by atoms with Crippen molar-refractivity contribution in [1.82, 2.24) is 0 Å². The Morgan fingerprint density at radius 3 is 2.33 bits per heavy atom. The van der Waals surface area contributed by atoms with Gasteiger partial charge in [0.05, 0.1) is 11.3 Å². The number of carbonyl (C=O) groups is 2. The van der Waals surface area contributed by atoms with E-state index in [1.165, 1.54) is 13.0 Å². The molecule has 0 bridgehead atoms. The summed E-state index contributed by atoms with van der Waals surface area (Å²) in [6.45, 7) is 1.39. The van der Waals surface area contributed by atoms with Crippen molar-refractivity contribution in [3.63, 3.8) is 0 Å². The summed E-state index contributed by atoms with van der Waals surface area (Å²) in [7, 11) is 0. The Morgan fingerprint density at radius 2 is 1.89 bits per heavy atom. The van der Waals surface area contributed by atoms with Gasteiger partial charge >= 0.3 is 18.1 Å². The lowest BCUT2D eigenvalue weighted by Gasteiger charge is -2.14. The van der Waals surface area contributed by atoms with Crippen molar-refractivity contribution in [2.24, 2.45) is 0 Å². The average Bonchev–Trinajstić information content (AvgIpc) is 2.23. The third-order valence-electron chi connectivity index (χ3n) is 2.13. The Hall–Kier alpha value is -1.57. The fourth-order valence-corrected chi connectivity index (χ4v) is 1.54. The average molecular weight is 326 g/mol. The van der Waals surface area contributed by atoms with Crippen LogP contribution >= 0.6 is 15.9 Å². The maximum Gasteiger partial charge on any atom is 0.471 e. The molecule has 0 aliphatic heterocycles. The number of amides is 1. The molecule has 0 heterocycles. The summed E-state index contributed by atoms with van der Waals surface area (Å²) in [5.41, 5.74) is -0.583. The number of nitrogens with one attached hydrogen (secondary N) is 1. The topological polar surface area (TPSA) is 66.4 Å². The Morgan fingerprint density at radius 1 is 1.33 bits per heavy atom. The van der Waals surface area contributed by atoms with Gasteiger partial charge in [0, 0.05) is 4.47 Å². The highest BCUT2D eigenvalue weighted by molar-refractivity contribution is 9.10. The van der Waals surface area contributed by atoms with Gasteiger partial charge in [-0.1, -0.05) is 15.9 Å². The third kappa shape index (κ3) is 3.00. The maximum absolute atomic E-state index is 12.1. The maximum atomic E-state index is 12.1. The van der Waals surface area contributed by atoms with Gasteiger partial charge in [-0.25, -0.2) is 4.79 Å². The second kappa shape index (κ2) is 4.97. The summed E-state index contributed by atoms with van der Waals surface area (Å²) in [5.74, 6) is -3.64. The number of anilines is 1. The molecule has 0 spiro atoms. The van der Waals surface area contributed by atoms with Gasteiger partial charge in [-0.2, -0.15) is 13.2 Å². The number of rotatable bonds is 2. The summed E-state index contributed by atoms with van der Waals surface area (Å²) >= 11 is 3.04. The van der Waals surface area contributed by atoms with Crippen LogP contribution in [0.3, 0.4) is 0 Å². The van der Waals surface area contributed by atoms with Crippen LogP contribution in [0.1, 0.15) is 15.9 Å². The van der Waals surface area contributed by atoms with Crippen LogP contribution < -0.4 is 5.32 Å². The molecule has 1 aromatic rings. The van der Waals surface area contributed by atoms with E-state index in [0.717, 1.165) is 6.07 Å². The number of aromatic carboxylic acids is 1. The predicted octanol–water partition coefficient (Wildman–Crippen LogP) is 2.96. The molecule has 1 rings (SSSR count). The monoisotopic (exact) mass is 325 g/mol. The molecule has 0 unspecified atom stereocenters. The number of carbonyl (C=O) groups excluding carboxylic acids is 1. The number of hydrogen-bond donors (Lipinski definition) is 2. The number of benzene rings is 1. The molecule has 0 atom stereocenters. The highest BCUT2D eigenvalue weighted by Crippen LogP contribution is 2.29. The van der Waals surface area contributed by atoms with Gasteiger partial charge in [-0.3, -0.25) is 4.79 Å². The second-order valence-corrected chi connectivity index (χ2v) is 4.21. The van der Waals surface area contributed by atoms with E-state index in [4.69, 9.17) is 5.11 Å². The van der Waals surface area contributed by atoms with Gasteiger partial charge in [0.2, 0.25) is 0 Å². The molecule has 0 saturated heterocycles. The molecule has 98 valence electrons. The molecule has 4 nitrogen and oxygen atoms in total. The fourth-order valence-electron chi connectivity index (χ4n) is 1.21. The van der Waals surface area contributed by atoms with Crippen LogP contribution in [0.25, 0.3) is 0 Å². The first-order valence-electron chi connectivity index (χ1n) is 4.55. The molecule has 0 aliphatic rings. The minimum atomic E-state index is -5.08. The summed E-state index contributed by atoms with van der Waals surface area (Å²) < 4.78 is 36.8. The van der Waals surface area contributed by atoms with Crippen LogP contribution in [0.4, 0.5) is 18.9 Å². The van der Waals surface area contributed by atoms with E-state index in [1.54, 1.807) is 5.32 Å². The lowest BCUT2D eigenvalue weighted by atomic mass is 10.1. The number of carboxylic acid groups (broad SMARTS) is 1. The second-order valence-electron chi connectivity index (χ2n) is 3.35. The van der Waals surface area contributed by atoms with E-state index in [9.17, 15) is 22.8 Å². The van der Waals surface area contributed by atoms with E-state index in [-0.39, 0.29) is 11.3 Å². The minimum Gasteiger partial charge on any atom is -0.478 e. The van der Waals surface area contributed by atoms with Gasteiger partial charge in [0.1, 0.15) is 0 Å². The lowest BCUT2D eigenvalue weighted by Crippen LogP contribution is -2.31. The molecule has 0 aliphatic carbocycles. The molecular weight excluding hydrogens is 319 g/mol. The van der Waals surface area contributed by atoms with Crippen molar-refractivity contribution < 1.29 is 27.9 Å². The van der Waals surface area contributed by atoms with Crippen molar-refractivity contribution in [1.29, 1.82) is 0 Å². The van der Waals surface area contributed by atoms with Crippen LogP contribution in [-0.2, 0) is 4.79 Å². The van der Waals surface area contributed by atoms with E-state index < -0.39 is 23.6 Å².